The zero-order valence-corrected chi connectivity index (χ0v) is 9.37. The first-order chi connectivity index (χ1) is 6.44. The maximum atomic E-state index is 10.8. The van der Waals surface area contributed by atoms with Crippen molar-refractivity contribution in [1.29, 1.82) is 0 Å². The fourth-order valence-corrected chi connectivity index (χ4v) is 1.28. The number of aldehydes is 1. The van der Waals surface area contributed by atoms with E-state index in [1.54, 1.807) is 6.33 Å². The van der Waals surface area contributed by atoms with Crippen LogP contribution in [0.25, 0.3) is 0 Å². The van der Waals surface area contributed by atoms with Crippen molar-refractivity contribution in [3.05, 3.63) is 17.7 Å². The quantitative estimate of drug-likeness (QED) is 0.693. The highest BCUT2D eigenvalue weighted by atomic mass is 16.1. The van der Waals surface area contributed by atoms with Crippen LogP contribution < -0.4 is 0 Å². The van der Waals surface area contributed by atoms with Gasteiger partial charge in [0.05, 0.1) is 12.0 Å². The number of imidazole rings is 1. The predicted molar refractivity (Wildman–Crippen MR) is 56.4 cm³/mol. The van der Waals surface area contributed by atoms with E-state index in [1.807, 2.05) is 11.5 Å². The molecule has 0 N–H and O–H groups in total. The van der Waals surface area contributed by atoms with Gasteiger partial charge in [0.1, 0.15) is 5.69 Å². The van der Waals surface area contributed by atoms with Crippen LogP contribution in [0.15, 0.2) is 6.33 Å². The van der Waals surface area contributed by atoms with E-state index in [2.05, 4.69) is 25.8 Å². The van der Waals surface area contributed by atoms with Gasteiger partial charge < -0.3 is 4.57 Å². The van der Waals surface area contributed by atoms with Gasteiger partial charge in [-0.05, 0) is 18.8 Å². The van der Waals surface area contributed by atoms with Gasteiger partial charge in [-0.1, -0.05) is 20.8 Å². The van der Waals surface area contributed by atoms with Crippen molar-refractivity contribution < 1.29 is 4.79 Å². The molecular formula is C11H18N2O. The molecule has 0 amide bonds. The summed E-state index contributed by atoms with van der Waals surface area (Å²) in [6.45, 7) is 9.29. The molecule has 0 atom stereocenters. The average molecular weight is 194 g/mol. The fraction of sp³-hybridized carbons (Fsp3) is 0.636. The Hall–Kier alpha value is -1.12. The van der Waals surface area contributed by atoms with Crippen molar-refractivity contribution in [2.75, 3.05) is 0 Å². The van der Waals surface area contributed by atoms with E-state index in [-0.39, 0.29) is 0 Å². The first kappa shape index (κ1) is 11.0. The number of aryl methyl sites for hydroxylation is 2. The number of carbonyl (C=O) groups excluding carboxylic acids is 1. The van der Waals surface area contributed by atoms with E-state index in [0.717, 1.165) is 24.9 Å². The van der Waals surface area contributed by atoms with E-state index < -0.39 is 0 Å². The molecule has 0 aromatic carbocycles. The molecule has 0 radical (unpaired) electrons. The molecule has 1 rings (SSSR count). The molecule has 0 saturated carbocycles. The molecule has 0 unspecified atom stereocenters. The van der Waals surface area contributed by atoms with E-state index in [1.165, 1.54) is 0 Å². The summed E-state index contributed by atoms with van der Waals surface area (Å²) in [5.41, 5.74) is 1.81. The van der Waals surface area contributed by atoms with Crippen LogP contribution in [0, 0.1) is 12.3 Å². The minimum absolute atomic E-state index is 0.290. The summed E-state index contributed by atoms with van der Waals surface area (Å²) in [6, 6.07) is 0. The molecule has 0 saturated heterocycles. The van der Waals surface area contributed by atoms with Gasteiger partial charge in [-0.3, -0.25) is 4.79 Å². The summed E-state index contributed by atoms with van der Waals surface area (Å²) >= 11 is 0. The summed E-state index contributed by atoms with van der Waals surface area (Å²) in [6.07, 6.45) is 3.67. The highest BCUT2D eigenvalue weighted by molar-refractivity contribution is 5.73. The van der Waals surface area contributed by atoms with Crippen LogP contribution in [0.1, 0.15) is 43.4 Å². The highest BCUT2D eigenvalue weighted by Gasteiger charge is 2.12. The zero-order chi connectivity index (χ0) is 10.8. The molecule has 0 spiro atoms. The lowest BCUT2D eigenvalue weighted by Crippen LogP contribution is -2.11. The molecule has 0 fully saturated rings. The van der Waals surface area contributed by atoms with Gasteiger partial charge in [-0.25, -0.2) is 4.98 Å². The van der Waals surface area contributed by atoms with Gasteiger partial charge in [0.25, 0.3) is 0 Å². The summed E-state index contributed by atoms with van der Waals surface area (Å²) < 4.78 is 1.92. The summed E-state index contributed by atoms with van der Waals surface area (Å²) in [5, 5.41) is 0. The Labute approximate surface area is 85.2 Å². The third kappa shape index (κ3) is 2.69. The minimum atomic E-state index is 0.290. The average Bonchev–Trinajstić information content (AvgIpc) is 2.41. The van der Waals surface area contributed by atoms with E-state index >= 15 is 0 Å². The van der Waals surface area contributed by atoms with E-state index in [9.17, 15) is 4.79 Å². The van der Waals surface area contributed by atoms with E-state index in [4.69, 9.17) is 0 Å². The number of hydrogen-bond acceptors (Lipinski definition) is 2. The van der Waals surface area contributed by atoms with Gasteiger partial charge in [-0.2, -0.15) is 0 Å². The molecule has 1 aromatic heterocycles. The van der Waals surface area contributed by atoms with Gasteiger partial charge in [0.2, 0.25) is 0 Å². The Balaban J connectivity index is 2.72. The van der Waals surface area contributed by atoms with Crippen LogP contribution in [-0.2, 0) is 6.54 Å². The Morgan fingerprint density at radius 3 is 2.64 bits per heavy atom. The van der Waals surface area contributed by atoms with Gasteiger partial charge in [-0.15, -0.1) is 0 Å². The number of hydrogen-bond donors (Lipinski definition) is 0. The largest absolute Gasteiger partial charge is 0.328 e. The SMILES string of the molecule is Cc1ncn(CCC(C)(C)C)c1C=O. The van der Waals surface area contributed by atoms with Crippen molar-refractivity contribution in [2.24, 2.45) is 5.41 Å². The molecular weight excluding hydrogens is 176 g/mol. The molecule has 1 aromatic rings. The lowest BCUT2D eigenvalue weighted by Gasteiger charge is -2.18. The van der Waals surface area contributed by atoms with Crippen molar-refractivity contribution in [1.82, 2.24) is 9.55 Å². The first-order valence-corrected chi connectivity index (χ1v) is 4.91. The zero-order valence-electron chi connectivity index (χ0n) is 9.37. The van der Waals surface area contributed by atoms with Gasteiger partial charge in [0, 0.05) is 6.54 Å². The molecule has 0 aliphatic carbocycles. The third-order valence-corrected chi connectivity index (χ3v) is 2.29. The van der Waals surface area contributed by atoms with Crippen LogP contribution in [0.2, 0.25) is 0 Å². The second kappa shape index (κ2) is 3.95. The Morgan fingerprint density at radius 1 is 1.50 bits per heavy atom. The standard InChI is InChI=1S/C11H18N2O/c1-9-10(7-14)13(8-12-9)6-5-11(2,3)4/h7-8H,5-6H2,1-4H3. The molecule has 3 heteroatoms. The van der Waals surface area contributed by atoms with Gasteiger partial charge >= 0.3 is 0 Å². The molecule has 0 aliphatic rings. The van der Waals surface area contributed by atoms with Crippen LogP contribution >= 0.6 is 0 Å². The van der Waals surface area contributed by atoms with Crippen LogP contribution in [-0.4, -0.2) is 15.8 Å². The molecule has 1 heterocycles. The van der Waals surface area contributed by atoms with Crippen LogP contribution in [0.3, 0.4) is 0 Å². The Kier molecular flexibility index (Phi) is 3.09. The topological polar surface area (TPSA) is 34.9 Å². The molecule has 3 nitrogen and oxygen atoms in total. The summed E-state index contributed by atoms with van der Waals surface area (Å²) in [7, 11) is 0. The van der Waals surface area contributed by atoms with Crippen LogP contribution in [0.5, 0.6) is 0 Å². The smallest absolute Gasteiger partial charge is 0.168 e. The molecule has 78 valence electrons. The number of aromatic nitrogens is 2. The maximum Gasteiger partial charge on any atom is 0.168 e. The molecule has 0 aliphatic heterocycles. The normalized spacial score (nSPS) is 11.7. The van der Waals surface area contributed by atoms with Gasteiger partial charge in [0.15, 0.2) is 6.29 Å². The summed E-state index contributed by atoms with van der Waals surface area (Å²) in [4.78, 5) is 14.9. The second-order valence-corrected chi connectivity index (χ2v) is 4.84. The Bertz CT molecular complexity index is 321. The molecule has 0 bridgehead atoms. The van der Waals surface area contributed by atoms with Crippen molar-refractivity contribution in [3.63, 3.8) is 0 Å². The van der Waals surface area contributed by atoms with Crippen LogP contribution in [0.4, 0.5) is 0 Å². The fourth-order valence-electron chi connectivity index (χ4n) is 1.28. The molecule has 14 heavy (non-hydrogen) atoms. The van der Waals surface area contributed by atoms with Crippen molar-refractivity contribution in [2.45, 2.75) is 40.7 Å². The van der Waals surface area contributed by atoms with E-state index in [0.29, 0.717) is 11.1 Å². The maximum absolute atomic E-state index is 10.8. The summed E-state index contributed by atoms with van der Waals surface area (Å²) in [5.74, 6) is 0. The van der Waals surface area contributed by atoms with Crippen molar-refractivity contribution in [3.8, 4) is 0 Å². The Morgan fingerprint density at radius 2 is 2.14 bits per heavy atom. The number of rotatable bonds is 3. The lowest BCUT2D eigenvalue weighted by molar-refractivity contribution is 0.111. The lowest BCUT2D eigenvalue weighted by atomic mass is 9.92. The highest BCUT2D eigenvalue weighted by Crippen LogP contribution is 2.20. The van der Waals surface area contributed by atoms with Crippen molar-refractivity contribution >= 4 is 6.29 Å². The number of carbonyl (C=O) groups is 1. The second-order valence-electron chi connectivity index (χ2n) is 4.84. The number of nitrogens with zero attached hydrogens (tertiary/aromatic N) is 2. The predicted octanol–water partition coefficient (Wildman–Crippen LogP) is 2.44. The first-order valence-electron chi connectivity index (χ1n) is 4.91. The third-order valence-electron chi connectivity index (χ3n) is 2.29. The monoisotopic (exact) mass is 194 g/mol. The minimum Gasteiger partial charge on any atom is -0.328 e.